The number of rotatable bonds is 12. The van der Waals surface area contributed by atoms with E-state index in [0.29, 0.717) is 0 Å². The smallest absolute Gasteiger partial charge is 0.128 e. The minimum absolute atomic E-state index is 0.842. The molecule has 0 saturated heterocycles. The van der Waals surface area contributed by atoms with E-state index in [1.165, 1.54) is 23.2 Å². The molecule has 1 N–H and O–H groups in total. The molecule has 0 spiro atoms. The van der Waals surface area contributed by atoms with E-state index in [1.54, 1.807) is 14.2 Å². The largest absolute Gasteiger partial charge is 0.496 e. The van der Waals surface area contributed by atoms with Crippen LogP contribution < -0.4 is 19.7 Å². The topological polar surface area (TPSA) is 49.9 Å². The van der Waals surface area contributed by atoms with Gasteiger partial charge < -0.3 is 24.6 Å². The Hall–Kier alpha value is -2.73. The minimum atomic E-state index is 0.842. The number of benzene rings is 1. The van der Waals surface area contributed by atoms with Crippen LogP contribution in [0.15, 0.2) is 18.3 Å². The third-order valence-corrected chi connectivity index (χ3v) is 6.94. The summed E-state index contributed by atoms with van der Waals surface area (Å²) in [7, 11) is 3.43. The Balaban J connectivity index is 1.81. The minimum Gasteiger partial charge on any atom is -0.496 e. The van der Waals surface area contributed by atoms with Gasteiger partial charge in [-0.2, -0.15) is 0 Å². The molecule has 3 rings (SSSR count). The van der Waals surface area contributed by atoms with Gasteiger partial charge in [0.25, 0.3) is 0 Å². The number of methoxy groups -OCH3 is 2. The maximum atomic E-state index is 5.65. The highest BCUT2D eigenvalue weighted by Crippen LogP contribution is 2.40. The Kier molecular flexibility index (Phi) is 9.22. The lowest BCUT2D eigenvalue weighted by Crippen LogP contribution is -2.28. The lowest BCUT2D eigenvalue weighted by molar-refractivity contribution is 0.298. The number of nitrogens with one attached hydrogen (secondary N) is 1. The van der Waals surface area contributed by atoms with E-state index in [4.69, 9.17) is 14.5 Å². The first-order chi connectivity index (χ1) is 16.5. The molecule has 1 aliphatic rings. The van der Waals surface area contributed by atoms with Gasteiger partial charge in [-0.25, -0.2) is 4.98 Å². The van der Waals surface area contributed by atoms with Gasteiger partial charge in [-0.15, -0.1) is 0 Å². The summed E-state index contributed by atoms with van der Waals surface area (Å²) in [5.41, 5.74) is 7.13. The SMILES string of the molecule is CCN(CC)CCCCNc1cc2c(cn1)C=C(c1c(C)c(OC)cc(OC)c1C)CN2CC. The fourth-order valence-corrected chi connectivity index (χ4v) is 4.88. The molecule has 0 saturated carbocycles. The molecule has 1 aromatic carbocycles. The van der Waals surface area contributed by atoms with Crippen molar-refractivity contribution in [3.8, 4) is 11.5 Å². The summed E-state index contributed by atoms with van der Waals surface area (Å²) in [6, 6.07) is 4.17. The van der Waals surface area contributed by atoms with Gasteiger partial charge >= 0.3 is 0 Å². The van der Waals surface area contributed by atoms with Crippen LogP contribution in [0.5, 0.6) is 11.5 Å². The first kappa shape index (κ1) is 25.9. The van der Waals surface area contributed by atoms with Gasteiger partial charge in [0, 0.05) is 49.2 Å². The molecule has 6 nitrogen and oxygen atoms in total. The molecule has 0 fully saturated rings. The first-order valence-electron chi connectivity index (χ1n) is 12.6. The molecule has 0 aliphatic carbocycles. The highest BCUT2D eigenvalue weighted by atomic mass is 16.5. The number of nitrogens with zero attached hydrogens (tertiary/aromatic N) is 3. The number of aromatic nitrogens is 1. The lowest BCUT2D eigenvalue weighted by Gasteiger charge is -2.32. The van der Waals surface area contributed by atoms with Gasteiger partial charge in [-0.05, 0) is 81.6 Å². The van der Waals surface area contributed by atoms with E-state index in [-0.39, 0.29) is 0 Å². The molecular weight excluding hydrogens is 424 g/mol. The Morgan fingerprint density at radius 1 is 1.00 bits per heavy atom. The molecule has 2 aromatic rings. The second-order valence-electron chi connectivity index (χ2n) is 8.88. The van der Waals surface area contributed by atoms with E-state index >= 15 is 0 Å². The number of anilines is 2. The van der Waals surface area contributed by atoms with E-state index < -0.39 is 0 Å². The van der Waals surface area contributed by atoms with Crippen LogP contribution in [0, 0.1) is 13.8 Å². The van der Waals surface area contributed by atoms with Crippen molar-refractivity contribution in [3.05, 3.63) is 40.6 Å². The predicted octanol–water partition coefficient (Wildman–Crippen LogP) is 5.63. The Labute approximate surface area is 206 Å². The van der Waals surface area contributed by atoms with Crippen LogP contribution >= 0.6 is 0 Å². The van der Waals surface area contributed by atoms with Crippen molar-refractivity contribution in [2.75, 3.05) is 63.7 Å². The third kappa shape index (κ3) is 5.66. The number of fused-ring (bicyclic) bond motifs is 1. The quantitative estimate of drug-likeness (QED) is 0.409. The summed E-state index contributed by atoms with van der Waals surface area (Å²) in [5.74, 6) is 2.66. The molecule has 0 bridgehead atoms. The van der Waals surface area contributed by atoms with Crippen LogP contribution in [0.1, 0.15) is 55.9 Å². The Morgan fingerprint density at radius 3 is 2.26 bits per heavy atom. The standard InChI is InChI=1S/C28H42N4O2/c1-8-31(9-2)14-12-11-13-29-27-16-24-22(18-30-27)15-23(19-32(24)10-3)28-20(4)25(33-6)17-26(34-7)21(28)5/h15-18H,8-14,19H2,1-7H3,(H,29,30). The summed E-state index contributed by atoms with van der Waals surface area (Å²) in [5, 5.41) is 3.53. The van der Waals surface area contributed by atoms with Crippen molar-refractivity contribution in [2.24, 2.45) is 0 Å². The maximum Gasteiger partial charge on any atom is 0.128 e. The predicted molar refractivity (Wildman–Crippen MR) is 145 cm³/mol. The molecule has 186 valence electrons. The average Bonchev–Trinajstić information content (AvgIpc) is 2.86. The summed E-state index contributed by atoms with van der Waals surface area (Å²) in [6.07, 6.45) is 6.62. The van der Waals surface area contributed by atoms with Crippen LogP contribution in [0.2, 0.25) is 0 Å². The first-order valence-corrected chi connectivity index (χ1v) is 12.6. The number of ether oxygens (including phenoxy) is 2. The molecule has 0 atom stereocenters. The van der Waals surface area contributed by atoms with Gasteiger partial charge in [0.05, 0.1) is 14.2 Å². The average molecular weight is 467 g/mol. The van der Waals surface area contributed by atoms with Gasteiger partial charge in [0.15, 0.2) is 0 Å². The molecule has 6 heteroatoms. The summed E-state index contributed by atoms with van der Waals surface area (Å²) < 4.78 is 11.3. The zero-order valence-electron chi connectivity index (χ0n) is 22.1. The number of hydrogen-bond donors (Lipinski definition) is 1. The summed E-state index contributed by atoms with van der Waals surface area (Å²) in [4.78, 5) is 9.62. The number of unbranched alkanes of at least 4 members (excludes halogenated alkanes) is 1. The van der Waals surface area contributed by atoms with Crippen LogP contribution in [-0.2, 0) is 0 Å². The third-order valence-electron chi connectivity index (χ3n) is 6.94. The van der Waals surface area contributed by atoms with E-state index in [1.807, 2.05) is 12.3 Å². The van der Waals surface area contributed by atoms with Gasteiger partial charge in [-0.1, -0.05) is 13.8 Å². The van der Waals surface area contributed by atoms with Crippen molar-refractivity contribution < 1.29 is 9.47 Å². The second-order valence-corrected chi connectivity index (χ2v) is 8.88. The Morgan fingerprint density at radius 2 is 1.68 bits per heavy atom. The molecular formula is C28H42N4O2. The van der Waals surface area contributed by atoms with Crippen molar-refractivity contribution in [1.29, 1.82) is 0 Å². The monoisotopic (exact) mass is 466 g/mol. The molecule has 34 heavy (non-hydrogen) atoms. The van der Waals surface area contributed by atoms with E-state index in [2.05, 4.69) is 61.9 Å². The highest BCUT2D eigenvalue weighted by Gasteiger charge is 2.23. The molecule has 1 aliphatic heterocycles. The summed E-state index contributed by atoms with van der Waals surface area (Å²) >= 11 is 0. The van der Waals surface area contributed by atoms with Crippen molar-refractivity contribution >= 4 is 23.2 Å². The number of pyridine rings is 1. The zero-order valence-corrected chi connectivity index (χ0v) is 22.1. The molecule has 0 unspecified atom stereocenters. The van der Waals surface area contributed by atoms with Crippen molar-refractivity contribution in [2.45, 2.75) is 47.5 Å². The van der Waals surface area contributed by atoms with Gasteiger partial charge in [-0.3, -0.25) is 0 Å². The number of likely N-dealkylation sites (N-methyl/N-ethyl adjacent to an activating group) is 1. The molecule has 0 amide bonds. The van der Waals surface area contributed by atoms with Crippen LogP contribution in [0.3, 0.4) is 0 Å². The zero-order chi connectivity index (χ0) is 24.7. The highest BCUT2D eigenvalue weighted by molar-refractivity contribution is 5.94. The maximum absolute atomic E-state index is 5.65. The van der Waals surface area contributed by atoms with E-state index in [0.717, 1.165) is 79.7 Å². The van der Waals surface area contributed by atoms with Crippen molar-refractivity contribution in [3.63, 3.8) is 0 Å². The fourth-order valence-electron chi connectivity index (χ4n) is 4.88. The molecule has 2 heterocycles. The van der Waals surface area contributed by atoms with Crippen LogP contribution in [-0.4, -0.2) is 63.4 Å². The van der Waals surface area contributed by atoms with Crippen LogP contribution in [0.25, 0.3) is 11.6 Å². The lowest BCUT2D eigenvalue weighted by atomic mass is 9.90. The molecule has 0 radical (unpaired) electrons. The molecule has 1 aromatic heterocycles. The van der Waals surface area contributed by atoms with E-state index in [9.17, 15) is 0 Å². The Bertz CT molecular complexity index is 970. The summed E-state index contributed by atoms with van der Waals surface area (Å²) in [6.45, 7) is 17.0. The number of hydrogen-bond acceptors (Lipinski definition) is 6. The normalized spacial score (nSPS) is 13.1. The van der Waals surface area contributed by atoms with Gasteiger partial charge in [0.2, 0.25) is 0 Å². The van der Waals surface area contributed by atoms with Crippen LogP contribution in [0.4, 0.5) is 11.5 Å². The fraction of sp³-hybridized carbons (Fsp3) is 0.536. The van der Waals surface area contributed by atoms with Gasteiger partial charge in [0.1, 0.15) is 17.3 Å². The second kappa shape index (κ2) is 12.1. The van der Waals surface area contributed by atoms with Crippen molar-refractivity contribution in [1.82, 2.24) is 9.88 Å².